The molecule has 0 aliphatic heterocycles. The van der Waals surface area contributed by atoms with Gasteiger partial charge in [-0.15, -0.1) is 0 Å². The van der Waals surface area contributed by atoms with E-state index >= 15 is 0 Å². The fourth-order valence-corrected chi connectivity index (χ4v) is 2.71. The lowest BCUT2D eigenvalue weighted by Gasteiger charge is -2.25. The van der Waals surface area contributed by atoms with Gasteiger partial charge in [-0.05, 0) is 29.3 Å². The van der Waals surface area contributed by atoms with Gasteiger partial charge < -0.3 is 26.6 Å². The van der Waals surface area contributed by atoms with Crippen LogP contribution >= 0.6 is 0 Å². The zero-order chi connectivity index (χ0) is 24.3. The van der Waals surface area contributed by atoms with Crippen LogP contribution in [-0.2, 0) is 20.9 Å². The summed E-state index contributed by atoms with van der Waals surface area (Å²) in [7, 11) is 0. The number of benzene rings is 1. The van der Waals surface area contributed by atoms with Crippen molar-refractivity contribution < 1.29 is 29.3 Å². The Hall–Kier alpha value is -3.90. The molecule has 0 spiro atoms. The molecule has 0 saturated heterocycles. The van der Waals surface area contributed by atoms with Crippen LogP contribution in [0, 0.1) is 16.0 Å². The zero-order valence-electron chi connectivity index (χ0n) is 17.8. The van der Waals surface area contributed by atoms with Gasteiger partial charge in [-0.2, -0.15) is 0 Å². The fraction of sp³-hybridized carbons (Fsp3) is 0.474. The lowest BCUT2D eigenvalue weighted by molar-refractivity contribution is -0.641. The summed E-state index contributed by atoms with van der Waals surface area (Å²) in [5, 5.41) is 22.2. The standard InChI is InChI=1S/C19H28N6O7/c1-12(2)15(17(27)28)23-16(26)14(9-6-10-22-18(20)21)24(25(30)31)19(29)32-11-13-7-4-3-5-8-13/h3-5,7-8,12,14-15H,6,9-11H2,1-2H3,(H,23,26)(H,27,28)(H4,20,21,22)/t14-,15-/m0/s1. The molecule has 2 atom stereocenters. The first-order valence-electron chi connectivity index (χ1n) is 9.77. The summed E-state index contributed by atoms with van der Waals surface area (Å²) in [6.07, 6.45) is -1.47. The minimum absolute atomic E-state index is 0.0449. The Labute approximate surface area is 184 Å². The maximum absolute atomic E-state index is 12.8. The number of carboxylic acids is 1. The van der Waals surface area contributed by atoms with E-state index in [4.69, 9.17) is 16.2 Å². The number of hydrogen-bond donors (Lipinski definition) is 4. The average molecular weight is 452 g/mol. The molecule has 0 bridgehead atoms. The van der Waals surface area contributed by atoms with Crippen molar-refractivity contribution in [2.45, 2.75) is 45.4 Å². The van der Waals surface area contributed by atoms with Gasteiger partial charge in [-0.1, -0.05) is 44.2 Å². The molecular weight excluding hydrogens is 424 g/mol. The first kappa shape index (κ1) is 26.1. The highest BCUT2D eigenvalue weighted by atomic mass is 16.7. The molecule has 1 aromatic rings. The van der Waals surface area contributed by atoms with Crippen molar-refractivity contribution in [2.24, 2.45) is 22.4 Å². The Balaban J connectivity index is 3.07. The Morgan fingerprint density at radius 3 is 2.38 bits per heavy atom. The molecule has 1 rings (SSSR count). The molecular formula is C19H28N6O7. The number of nitrogens with two attached hydrogens (primary N) is 2. The number of rotatable bonds is 12. The molecule has 0 aliphatic rings. The number of hydrazine groups is 1. The van der Waals surface area contributed by atoms with Crippen molar-refractivity contribution >= 4 is 23.9 Å². The van der Waals surface area contributed by atoms with E-state index < -0.39 is 41.0 Å². The number of nitrogens with zero attached hydrogens (tertiary/aromatic N) is 3. The molecule has 176 valence electrons. The first-order valence-corrected chi connectivity index (χ1v) is 9.77. The summed E-state index contributed by atoms with van der Waals surface area (Å²) in [5.74, 6) is -3.03. The fourth-order valence-electron chi connectivity index (χ4n) is 2.71. The minimum Gasteiger partial charge on any atom is -0.480 e. The van der Waals surface area contributed by atoms with Crippen LogP contribution < -0.4 is 16.8 Å². The summed E-state index contributed by atoms with van der Waals surface area (Å²) < 4.78 is 5.01. The Bertz CT molecular complexity index is 827. The normalized spacial score (nSPS) is 12.3. The van der Waals surface area contributed by atoms with E-state index in [0.717, 1.165) is 0 Å². The summed E-state index contributed by atoms with van der Waals surface area (Å²) >= 11 is 0. The molecule has 0 saturated carbocycles. The lowest BCUT2D eigenvalue weighted by atomic mass is 10.0. The lowest BCUT2D eigenvalue weighted by Crippen LogP contribution is -2.56. The third kappa shape index (κ3) is 8.45. The molecule has 1 aromatic carbocycles. The van der Waals surface area contributed by atoms with E-state index in [1.54, 1.807) is 44.2 Å². The third-order valence-corrected chi connectivity index (χ3v) is 4.33. The van der Waals surface area contributed by atoms with Crippen molar-refractivity contribution in [3.05, 3.63) is 46.0 Å². The van der Waals surface area contributed by atoms with Gasteiger partial charge in [-0.25, -0.2) is 19.7 Å². The Morgan fingerprint density at radius 2 is 1.88 bits per heavy atom. The summed E-state index contributed by atoms with van der Waals surface area (Å²) in [4.78, 5) is 52.1. The summed E-state index contributed by atoms with van der Waals surface area (Å²) in [6.45, 7) is 2.91. The van der Waals surface area contributed by atoms with E-state index in [0.29, 0.717) is 5.56 Å². The highest BCUT2D eigenvalue weighted by Crippen LogP contribution is 2.14. The smallest absolute Gasteiger partial charge is 0.469 e. The van der Waals surface area contributed by atoms with E-state index in [-0.39, 0.29) is 37.0 Å². The number of ether oxygens (including phenoxy) is 1. The average Bonchev–Trinajstić information content (AvgIpc) is 2.72. The van der Waals surface area contributed by atoms with E-state index in [1.165, 1.54) is 0 Å². The molecule has 0 aromatic heterocycles. The molecule has 0 unspecified atom stereocenters. The molecule has 32 heavy (non-hydrogen) atoms. The predicted octanol–water partition coefficient (Wildman–Crippen LogP) is 0.465. The molecule has 6 N–H and O–H groups in total. The van der Waals surface area contributed by atoms with Crippen molar-refractivity contribution in [1.82, 2.24) is 10.3 Å². The van der Waals surface area contributed by atoms with Crippen LogP contribution in [0.4, 0.5) is 4.79 Å². The number of carbonyl (C=O) groups is 3. The zero-order valence-corrected chi connectivity index (χ0v) is 17.8. The van der Waals surface area contributed by atoms with Crippen LogP contribution in [0.5, 0.6) is 0 Å². The molecule has 13 nitrogen and oxygen atoms in total. The quantitative estimate of drug-likeness (QED) is 0.114. The second kappa shape index (κ2) is 12.7. The second-order valence-electron chi connectivity index (χ2n) is 7.16. The van der Waals surface area contributed by atoms with Gasteiger partial charge in [0.2, 0.25) is 5.91 Å². The molecule has 0 radical (unpaired) electrons. The van der Waals surface area contributed by atoms with Gasteiger partial charge in [0.25, 0.3) is 0 Å². The highest BCUT2D eigenvalue weighted by Gasteiger charge is 2.41. The number of carbonyl (C=O) groups excluding carboxylic acids is 2. The molecule has 13 heteroatoms. The number of aliphatic carboxylic acids is 1. The van der Waals surface area contributed by atoms with Crippen LogP contribution in [0.3, 0.4) is 0 Å². The topological polar surface area (TPSA) is 203 Å². The maximum Gasteiger partial charge on any atom is 0.469 e. The van der Waals surface area contributed by atoms with Gasteiger partial charge in [0, 0.05) is 6.54 Å². The number of amides is 2. The van der Waals surface area contributed by atoms with Crippen molar-refractivity contribution in [3.63, 3.8) is 0 Å². The molecule has 0 fully saturated rings. The van der Waals surface area contributed by atoms with Crippen LogP contribution in [0.15, 0.2) is 35.3 Å². The van der Waals surface area contributed by atoms with Crippen LogP contribution in [0.1, 0.15) is 32.3 Å². The number of carboxylic acid groups (broad SMARTS) is 1. The molecule has 2 amide bonds. The van der Waals surface area contributed by atoms with Crippen LogP contribution in [0.25, 0.3) is 0 Å². The monoisotopic (exact) mass is 452 g/mol. The van der Waals surface area contributed by atoms with Crippen LogP contribution in [0.2, 0.25) is 0 Å². The predicted molar refractivity (Wildman–Crippen MR) is 114 cm³/mol. The number of hydrogen-bond acceptors (Lipinski definition) is 7. The summed E-state index contributed by atoms with van der Waals surface area (Å²) in [6, 6.07) is 5.50. The van der Waals surface area contributed by atoms with Gasteiger partial charge >= 0.3 is 12.1 Å². The van der Waals surface area contributed by atoms with Crippen molar-refractivity contribution in [1.29, 1.82) is 0 Å². The van der Waals surface area contributed by atoms with Gasteiger partial charge in [0.05, 0.1) is 0 Å². The molecule has 0 aliphatic carbocycles. The van der Waals surface area contributed by atoms with E-state index in [1.807, 2.05) is 0 Å². The summed E-state index contributed by atoms with van der Waals surface area (Å²) in [5.41, 5.74) is 11.1. The van der Waals surface area contributed by atoms with Gasteiger partial charge in [0.15, 0.2) is 17.0 Å². The minimum atomic E-state index is -1.65. The van der Waals surface area contributed by atoms with Crippen LogP contribution in [-0.4, -0.2) is 57.7 Å². The number of nitro groups is 1. The van der Waals surface area contributed by atoms with Crippen molar-refractivity contribution in [2.75, 3.05) is 6.54 Å². The SMILES string of the molecule is CC(C)[C@H](NC(=O)[C@H](CCCN=C(N)N)N(C(=O)OCc1ccccc1)[N+](=O)[O-])C(=O)O. The van der Waals surface area contributed by atoms with E-state index in [2.05, 4.69) is 10.3 Å². The largest absolute Gasteiger partial charge is 0.480 e. The third-order valence-electron chi connectivity index (χ3n) is 4.33. The van der Waals surface area contributed by atoms with Gasteiger partial charge in [-0.3, -0.25) is 9.79 Å². The number of guanidine groups is 1. The Morgan fingerprint density at radius 1 is 1.25 bits per heavy atom. The molecule has 0 heterocycles. The first-order chi connectivity index (χ1) is 15.0. The Kier molecular flexibility index (Phi) is 10.4. The highest BCUT2D eigenvalue weighted by molar-refractivity contribution is 5.89. The maximum atomic E-state index is 12.8. The second-order valence-corrected chi connectivity index (χ2v) is 7.16. The number of aliphatic imine (C=N–C) groups is 1. The number of nitrogens with one attached hydrogen (secondary N) is 1. The van der Waals surface area contributed by atoms with E-state index in [9.17, 15) is 29.6 Å². The van der Waals surface area contributed by atoms with Crippen molar-refractivity contribution in [3.8, 4) is 0 Å². The van der Waals surface area contributed by atoms with Gasteiger partial charge in [0.1, 0.15) is 12.6 Å².